The number of ether oxygens (including phenoxy) is 3. The Morgan fingerprint density at radius 2 is 1.52 bits per heavy atom. The van der Waals surface area contributed by atoms with E-state index in [9.17, 15) is 9.59 Å². The number of hydrogen-bond acceptors (Lipinski definition) is 6. The molecule has 8 heteroatoms. The molecular weight excluding hydrogens is 440 g/mol. The molecule has 1 heterocycles. The lowest BCUT2D eigenvalue weighted by Crippen LogP contribution is -2.54. The average molecular weight is 461 g/mol. The van der Waals surface area contributed by atoms with Crippen LogP contribution in [0.1, 0.15) is 5.56 Å². The molecule has 33 heavy (non-hydrogen) atoms. The summed E-state index contributed by atoms with van der Waals surface area (Å²) in [7, 11) is 3.04. The molecule has 4 rings (SSSR count). The summed E-state index contributed by atoms with van der Waals surface area (Å²) < 4.78 is 16.4. The molecule has 0 spiro atoms. The molecule has 3 aromatic rings. The van der Waals surface area contributed by atoms with Gasteiger partial charge in [-0.2, -0.15) is 0 Å². The molecule has 3 aromatic carbocycles. The lowest BCUT2D eigenvalue weighted by atomic mass is 10.1. The Bertz CT molecular complexity index is 1240. The van der Waals surface area contributed by atoms with Gasteiger partial charge in [0.15, 0.2) is 5.11 Å². The van der Waals surface area contributed by atoms with Gasteiger partial charge < -0.3 is 14.2 Å². The normalized spacial score (nSPS) is 14.8. The highest BCUT2D eigenvalue weighted by Crippen LogP contribution is 2.30. The molecule has 0 aliphatic carbocycles. The van der Waals surface area contributed by atoms with Crippen LogP contribution in [0.5, 0.6) is 23.0 Å². The molecule has 1 fully saturated rings. The molecule has 0 radical (unpaired) electrons. The van der Waals surface area contributed by atoms with Gasteiger partial charge in [-0.3, -0.25) is 19.8 Å². The van der Waals surface area contributed by atoms with Gasteiger partial charge in [-0.05, 0) is 72.9 Å². The van der Waals surface area contributed by atoms with Crippen LogP contribution in [0.25, 0.3) is 6.08 Å². The summed E-state index contributed by atoms with van der Waals surface area (Å²) in [6.45, 7) is 0. The Morgan fingerprint density at radius 3 is 2.18 bits per heavy atom. The van der Waals surface area contributed by atoms with Crippen LogP contribution in [-0.2, 0) is 9.59 Å². The highest BCUT2D eigenvalue weighted by atomic mass is 32.1. The van der Waals surface area contributed by atoms with Crippen LogP contribution in [0.2, 0.25) is 0 Å². The number of methoxy groups -OCH3 is 2. The molecule has 1 aliphatic rings. The maximum Gasteiger partial charge on any atom is 0.270 e. The van der Waals surface area contributed by atoms with Gasteiger partial charge in [0.2, 0.25) is 0 Å². The Morgan fingerprint density at radius 1 is 0.848 bits per heavy atom. The molecule has 0 saturated carbocycles. The van der Waals surface area contributed by atoms with E-state index in [0.717, 1.165) is 0 Å². The van der Waals surface area contributed by atoms with E-state index in [4.69, 9.17) is 26.4 Å². The third kappa shape index (κ3) is 4.70. The molecule has 0 aromatic heterocycles. The summed E-state index contributed by atoms with van der Waals surface area (Å²) in [6.07, 6.45) is 1.46. The first kappa shape index (κ1) is 22.0. The fraction of sp³-hybridized carbons (Fsp3) is 0.0800. The molecule has 1 aliphatic heterocycles. The van der Waals surface area contributed by atoms with E-state index in [1.807, 2.05) is 30.3 Å². The van der Waals surface area contributed by atoms with Crippen molar-refractivity contribution in [2.45, 2.75) is 0 Å². The zero-order valence-electron chi connectivity index (χ0n) is 17.9. The molecule has 0 bridgehead atoms. The second-order valence-corrected chi connectivity index (χ2v) is 7.36. The fourth-order valence-electron chi connectivity index (χ4n) is 3.29. The van der Waals surface area contributed by atoms with Crippen LogP contribution in [0, 0.1) is 0 Å². The van der Waals surface area contributed by atoms with Crippen molar-refractivity contribution in [3.8, 4) is 23.0 Å². The average Bonchev–Trinajstić information content (AvgIpc) is 2.83. The van der Waals surface area contributed by atoms with Crippen LogP contribution >= 0.6 is 12.2 Å². The number of nitrogens with zero attached hydrogens (tertiary/aromatic N) is 1. The second-order valence-electron chi connectivity index (χ2n) is 6.97. The van der Waals surface area contributed by atoms with Gasteiger partial charge >= 0.3 is 0 Å². The summed E-state index contributed by atoms with van der Waals surface area (Å²) >= 11 is 5.28. The first-order chi connectivity index (χ1) is 16.0. The van der Waals surface area contributed by atoms with Gasteiger partial charge in [0.1, 0.15) is 28.6 Å². The van der Waals surface area contributed by atoms with E-state index in [-0.39, 0.29) is 10.7 Å². The lowest BCUT2D eigenvalue weighted by molar-refractivity contribution is -0.122. The topological polar surface area (TPSA) is 77.1 Å². The smallest absolute Gasteiger partial charge is 0.270 e. The van der Waals surface area contributed by atoms with E-state index < -0.39 is 11.8 Å². The number of carbonyl (C=O) groups is 2. The summed E-state index contributed by atoms with van der Waals surface area (Å²) in [5.41, 5.74) is 0.934. The van der Waals surface area contributed by atoms with Crippen molar-refractivity contribution in [3.05, 3.63) is 83.9 Å². The SMILES string of the molecule is COc1ccc(OC)c(C=C2C(=O)NC(=S)N(c3ccc(Oc4ccccc4)cc3)C2=O)c1. The van der Waals surface area contributed by atoms with Crippen molar-refractivity contribution in [2.24, 2.45) is 0 Å². The maximum atomic E-state index is 13.3. The summed E-state index contributed by atoms with van der Waals surface area (Å²) in [5, 5.41) is 2.57. The van der Waals surface area contributed by atoms with Crippen molar-refractivity contribution >= 4 is 40.9 Å². The first-order valence-corrected chi connectivity index (χ1v) is 10.4. The summed E-state index contributed by atoms with van der Waals surface area (Å²) in [4.78, 5) is 27.2. The van der Waals surface area contributed by atoms with Gasteiger partial charge in [0.05, 0.1) is 19.9 Å². The van der Waals surface area contributed by atoms with Gasteiger partial charge in [-0.25, -0.2) is 0 Å². The molecule has 7 nitrogen and oxygen atoms in total. The quantitative estimate of drug-likeness (QED) is 0.335. The Kier molecular flexibility index (Phi) is 6.37. The fourth-order valence-corrected chi connectivity index (χ4v) is 3.57. The third-order valence-electron chi connectivity index (χ3n) is 4.91. The molecule has 1 N–H and O–H groups in total. The molecule has 166 valence electrons. The minimum Gasteiger partial charge on any atom is -0.497 e. The van der Waals surface area contributed by atoms with E-state index in [1.54, 1.807) is 42.5 Å². The zero-order chi connectivity index (χ0) is 23.4. The van der Waals surface area contributed by atoms with Crippen LogP contribution in [0.15, 0.2) is 78.4 Å². The van der Waals surface area contributed by atoms with Crippen LogP contribution in [0.4, 0.5) is 5.69 Å². The Labute approximate surface area is 196 Å². The van der Waals surface area contributed by atoms with Gasteiger partial charge in [-0.1, -0.05) is 18.2 Å². The largest absolute Gasteiger partial charge is 0.497 e. The number of thiocarbonyl (C=S) groups is 1. The van der Waals surface area contributed by atoms with E-state index in [2.05, 4.69) is 5.32 Å². The second kappa shape index (κ2) is 9.54. The number of nitrogens with one attached hydrogen (secondary N) is 1. The van der Waals surface area contributed by atoms with Crippen molar-refractivity contribution in [3.63, 3.8) is 0 Å². The number of para-hydroxylation sites is 1. The van der Waals surface area contributed by atoms with Crippen molar-refractivity contribution in [1.29, 1.82) is 0 Å². The number of carbonyl (C=O) groups excluding carboxylic acids is 2. The molecular formula is C25H20N2O5S. The predicted molar refractivity (Wildman–Crippen MR) is 129 cm³/mol. The minimum atomic E-state index is -0.588. The highest BCUT2D eigenvalue weighted by Gasteiger charge is 2.34. The van der Waals surface area contributed by atoms with E-state index in [0.29, 0.717) is 34.2 Å². The first-order valence-electron chi connectivity index (χ1n) is 9.96. The zero-order valence-corrected chi connectivity index (χ0v) is 18.7. The van der Waals surface area contributed by atoms with E-state index in [1.165, 1.54) is 25.2 Å². The lowest BCUT2D eigenvalue weighted by Gasteiger charge is -2.29. The van der Waals surface area contributed by atoms with Gasteiger partial charge in [0.25, 0.3) is 11.8 Å². The Hall–Kier alpha value is -4.17. The summed E-state index contributed by atoms with van der Waals surface area (Å²) in [6, 6.07) is 21.3. The van der Waals surface area contributed by atoms with Crippen molar-refractivity contribution < 1.29 is 23.8 Å². The van der Waals surface area contributed by atoms with Gasteiger partial charge in [-0.15, -0.1) is 0 Å². The number of anilines is 1. The molecule has 2 amide bonds. The monoisotopic (exact) mass is 460 g/mol. The third-order valence-corrected chi connectivity index (χ3v) is 5.20. The van der Waals surface area contributed by atoms with Crippen LogP contribution < -0.4 is 24.4 Å². The van der Waals surface area contributed by atoms with Gasteiger partial charge in [0, 0.05) is 5.56 Å². The highest BCUT2D eigenvalue weighted by molar-refractivity contribution is 7.80. The summed E-state index contributed by atoms with van der Waals surface area (Å²) in [5.74, 6) is 1.21. The molecule has 0 unspecified atom stereocenters. The molecule has 0 atom stereocenters. The standard InChI is InChI=1S/C25H20N2O5S/c1-30-20-12-13-22(31-2)16(14-20)15-21-23(28)26-25(33)27(24(21)29)17-8-10-19(11-9-17)32-18-6-4-3-5-7-18/h3-15H,1-2H3,(H,26,28,33). The van der Waals surface area contributed by atoms with Crippen LogP contribution in [-0.4, -0.2) is 31.1 Å². The number of benzene rings is 3. The van der Waals surface area contributed by atoms with Crippen molar-refractivity contribution in [2.75, 3.05) is 19.1 Å². The number of amides is 2. The minimum absolute atomic E-state index is 0.00325. The molecule has 1 saturated heterocycles. The predicted octanol–water partition coefficient (Wildman–Crippen LogP) is 4.33. The number of hydrogen-bond donors (Lipinski definition) is 1. The van der Waals surface area contributed by atoms with E-state index >= 15 is 0 Å². The maximum absolute atomic E-state index is 13.3. The Balaban J connectivity index is 1.64. The number of rotatable bonds is 6. The van der Waals surface area contributed by atoms with Crippen molar-refractivity contribution in [1.82, 2.24) is 5.32 Å². The van der Waals surface area contributed by atoms with Crippen LogP contribution in [0.3, 0.4) is 0 Å².